The fourth-order valence-electron chi connectivity index (χ4n) is 2.40. The van der Waals surface area contributed by atoms with E-state index < -0.39 is 10.8 Å². The number of nitrogens with zero attached hydrogens (tertiary/aromatic N) is 3. The van der Waals surface area contributed by atoms with Gasteiger partial charge in [0, 0.05) is 24.2 Å². The van der Waals surface area contributed by atoms with Crippen molar-refractivity contribution in [3.8, 4) is 0 Å². The third kappa shape index (κ3) is 5.66. The number of likely N-dealkylation sites (N-methyl/N-ethyl adjacent to an activating group) is 1. The van der Waals surface area contributed by atoms with E-state index in [2.05, 4.69) is 5.32 Å². The van der Waals surface area contributed by atoms with Crippen molar-refractivity contribution in [1.29, 1.82) is 0 Å². The van der Waals surface area contributed by atoms with Crippen LogP contribution in [0.2, 0.25) is 5.02 Å². The number of benzene rings is 1. The third-order valence-electron chi connectivity index (χ3n) is 3.61. The van der Waals surface area contributed by atoms with E-state index in [1.165, 1.54) is 18.2 Å². The first-order chi connectivity index (χ1) is 11.9. The van der Waals surface area contributed by atoms with E-state index in [0.29, 0.717) is 26.3 Å². The second-order valence-corrected chi connectivity index (χ2v) is 6.07. The standard InChI is InChI=1S/C15H19ClN4O5/c1-18(10-15(22)19-4-6-25-7-5-19)9-14(21)17-12-3-2-11(16)8-13(12)20(23)24/h2-3,8H,4-7,9-10H2,1H3,(H,17,21). The summed E-state index contributed by atoms with van der Waals surface area (Å²) in [6, 6.07) is 4.00. The zero-order chi connectivity index (χ0) is 18.4. The maximum absolute atomic E-state index is 12.1. The smallest absolute Gasteiger partial charge is 0.294 e. The molecule has 1 heterocycles. The predicted octanol–water partition coefficient (Wildman–Crippen LogP) is 0.977. The second kappa shape index (κ2) is 8.75. The van der Waals surface area contributed by atoms with Crippen molar-refractivity contribution in [2.45, 2.75) is 0 Å². The van der Waals surface area contributed by atoms with Crippen LogP contribution in [0.1, 0.15) is 0 Å². The van der Waals surface area contributed by atoms with Gasteiger partial charge in [0.05, 0.1) is 31.2 Å². The molecular weight excluding hydrogens is 352 g/mol. The molecule has 9 nitrogen and oxygen atoms in total. The molecule has 0 aliphatic carbocycles. The number of halogens is 1. The molecule has 0 spiro atoms. The van der Waals surface area contributed by atoms with Crippen molar-refractivity contribution in [3.05, 3.63) is 33.3 Å². The summed E-state index contributed by atoms with van der Waals surface area (Å²) in [5.41, 5.74) is -0.222. The van der Waals surface area contributed by atoms with Crippen LogP contribution >= 0.6 is 11.6 Å². The molecule has 0 atom stereocenters. The van der Waals surface area contributed by atoms with Crippen molar-refractivity contribution >= 4 is 34.8 Å². The van der Waals surface area contributed by atoms with Gasteiger partial charge in [-0.1, -0.05) is 11.6 Å². The van der Waals surface area contributed by atoms with Gasteiger partial charge in [0.25, 0.3) is 5.69 Å². The fraction of sp³-hybridized carbons (Fsp3) is 0.467. The molecule has 10 heteroatoms. The molecule has 1 fully saturated rings. The monoisotopic (exact) mass is 370 g/mol. The highest BCUT2D eigenvalue weighted by Gasteiger charge is 2.20. The van der Waals surface area contributed by atoms with Crippen LogP contribution in [0.5, 0.6) is 0 Å². The maximum atomic E-state index is 12.1. The first-order valence-corrected chi connectivity index (χ1v) is 8.02. The summed E-state index contributed by atoms with van der Waals surface area (Å²) < 4.78 is 5.19. The molecule has 25 heavy (non-hydrogen) atoms. The Labute approximate surface area is 149 Å². The van der Waals surface area contributed by atoms with Crippen LogP contribution in [0.15, 0.2) is 18.2 Å². The molecule has 1 saturated heterocycles. The fourth-order valence-corrected chi connectivity index (χ4v) is 2.56. The molecule has 2 amide bonds. The van der Waals surface area contributed by atoms with Crippen LogP contribution in [0.25, 0.3) is 0 Å². The van der Waals surface area contributed by atoms with Crippen molar-refractivity contribution < 1.29 is 19.2 Å². The van der Waals surface area contributed by atoms with Crippen LogP contribution in [-0.2, 0) is 14.3 Å². The molecule has 136 valence electrons. The van der Waals surface area contributed by atoms with Crippen LogP contribution < -0.4 is 5.32 Å². The molecule has 1 aliphatic heterocycles. The summed E-state index contributed by atoms with van der Waals surface area (Å²) in [6.07, 6.45) is 0. The second-order valence-electron chi connectivity index (χ2n) is 5.63. The summed E-state index contributed by atoms with van der Waals surface area (Å²) in [4.78, 5) is 37.8. The quantitative estimate of drug-likeness (QED) is 0.591. The number of nitro benzene ring substituents is 1. The normalized spacial score (nSPS) is 14.4. The number of hydrogen-bond donors (Lipinski definition) is 1. The highest BCUT2D eigenvalue weighted by Crippen LogP contribution is 2.27. The number of morpholine rings is 1. The summed E-state index contributed by atoms with van der Waals surface area (Å²) in [6.45, 7) is 2.10. The van der Waals surface area contributed by atoms with E-state index in [9.17, 15) is 19.7 Å². The molecule has 2 rings (SSSR count). The molecule has 1 aromatic carbocycles. The predicted molar refractivity (Wildman–Crippen MR) is 91.6 cm³/mol. The van der Waals surface area contributed by atoms with E-state index in [-0.39, 0.29) is 35.4 Å². The van der Waals surface area contributed by atoms with E-state index in [1.54, 1.807) is 16.8 Å². The number of nitrogens with one attached hydrogen (secondary N) is 1. The van der Waals surface area contributed by atoms with E-state index >= 15 is 0 Å². The van der Waals surface area contributed by atoms with Crippen molar-refractivity contribution in [1.82, 2.24) is 9.80 Å². The molecule has 0 aromatic heterocycles. The lowest BCUT2D eigenvalue weighted by Gasteiger charge is -2.28. The number of carbonyl (C=O) groups is 2. The first kappa shape index (κ1) is 19.1. The Morgan fingerprint density at radius 3 is 2.68 bits per heavy atom. The van der Waals surface area contributed by atoms with Crippen LogP contribution in [0.4, 0.5) is 11.4 Å². The Hall–Kier alpha value is -2.23. The van der Waals surface area contributed by atoms with Crippen LogP contribution in [-0.4, -0.2) is 73.0 Å². The van der Waals surface area contributed by atoms with E-state index in [0.717, 1.165) is 0 Å². The zero-order valence-electron chi connectivity index (χ0n) is 13.7. The first-order valence-electron chi connectivity index (χ1n) is 7.64. The minimum absolute atomic E-state index is 0.0623. The molecule has 0 radical (unpaired) electrons. The zero-order valence-corrected chi connectivity index (χ0v) is 14.5. The Balaban J connectivity index is 1.89. The molecule has 0 saturated carbocycles. The molecule has 1 N–H and O–H groups in total. The van der Waals surface area contributed by atoms with Gasteiger partial charge in [0.15, 0.2) is 0 Å². The summed E-state index contributed by atoms with van der Waals surface area (Å²) in [5.74, 6) is -0.543. The third-order valence-corrected chi connectivity index (χ3v) is 3.85. The summed E-state index contributed by atoms with van der Waals surface area (Å²) in [5, 5.41) is 13.7. The van der Waals surface area contributed by atoms with Crippen molar-refractivity contribution in [2.75, 3.05) is 51.8 Å². The minimum Gasteiger partial charge on any atom is -0.378 e. The number of nitro groups is 1. The van der Waals surface area contributed by atoms with E-state index in [4.69, 9.17) is 16.3 Å². The number of ether oxygens (including phenoxy) is 1. The number of anilines is 1. The SMILES string of the molecule is CN(CC(=O)Nc1ccc(Cl)cc1[N+](=O)[O-])CC(=O)N1CCOCC1. The Kier molecular flexibility index (Phi) is 6.68. The van der Waals surface area contributed by atoms with E-state index in [1.807, 2.05) is 0 Å². The van der Waals surface area contributed by atoms with Crippen molar-refractivity contribution in [2.24, 2.45) is 0 Å². The van der Waals surface area contributed by atoms with Crippen LogP contribution in [0.3, 0.4) is 0 Å². The Morgan fingerprint density at radius 1 is 1.36 bits per heavy atom. The summed E-state index contributed by atoms with van der Waals surface area (Å²) >= 11 is 5.74. The lowest BCUT2D eigenvalue weighted by atomic mass is 10.2. The molecule has 0 unspecified atom stereocenters. The lowest BCUT2D eigenvalue weighted by Crippen LogP contribution is -2.46. The number of amides is 2. The van der Waals surface area contributed by atoms with Crippen molar-refractivity contribution in [3.63, 3.8) is 0 Å². The van der Waals surface area contributed by atoms with Gasteiger partial charge in [-0.05, 0) is 19.2 Å². The average molecular weight is 371 g/mol. The highest BCUT2D eigenvalue weighted by atomic mass is 35.5. The Morgan fingerprint density at radius 2 is 2.04 bits per heavy atom. The van der Waals surface area contributed by atoms with Gasteiger partial charge >= 0.3 is 0 Å². The van der Waals surface area contributed by atoms with Gasteiger partial charge in [-0.15, -0.1) is 0 Å². The largest absolute Gasteiger partial charge is 0.378 e. The molecule has 1 aromatic rings. The molecular formula is C15H19ClN4O5. The van der Waals surface area contributed by atoms with Gasteiger partial charge in [-0.25, -0.2) is 0 Å². The topological polar surface area (TPSA) is 105 Å². The average Bonchev–Trinajstić information content (AvgIpc) is 2.56. The molecule has 0 bridgehead atoms. The van der Waals surface area contributed by atoms with Gasteiger partial charge in [-0.3, -0.25) is 24.6 Å². The highest BCUT2D eigenvalue weighted by molar-refractivity contribution is 6.31. The number of rotatable bonds is 6. The van der Waals surface area contributed by atoms with Gasteiger partial charge in [-0.2, -0.15) is 0 Å². The van der Waals surface area contributed by atoms with Gasteiger partial charge in [0.2, 0.25) is 11.8 Å². The van der Waals surface area contributed by atoms with Crippen LogP contribution in [0, 0.1) is 10.1 Å². The number of carbonyl (C=O) groups excluding carboxylic acids is 2. The van der Waals surface area contributed by atoms with Gasteiger partial charge in [0.1, 0.15) is 5.69 Å². The Bertz CT molecular complexity index is 663. The maximum Gasteiger partial charge on any atom is 0.294 e. The van der Waals surface area contributed by atoms with Gasteiger partial charge < -0.3 is 15.0 Å². The molecule has 1 aliphatic rings. The lowest BCUT2D eigenvalue weighted by molar-refractivity contribution is -0.383. The minimum atomic E-state index is -0.618. The summed E-state index contributed by atoms with van der Waals surface area (Å²) in [7, 11) is 1.63. The number of hydrogen-bond acceptors (Lipinski definition) is 6.